The van der Waals surface area contributed by atoms with Crippen LogP contribution in [-0.4, -0.2) is 58.6 Å². The monoisotopic (exact) mass is 523 g/mol. The Balaban J connectivity index is 1.40. The summed E-state index contributed by atoms with van der Waals surface area (Å²) in [7, 11) is 1.67. The highest BCUT2D eigenvalue weighted by Crippen LogP contribution is 2.38. The first kappa shape index (κ1) is 24.0. The van der Waals surface area contributed by atoms with Gasteiger partial charge in [-0.3, -0.25) is 9.36 Å². The van der Waals surface area contributed by atoms with Crippen LogP contribution in [0.5, 0.6) is 5.75 Å². The van der Waals surface area contributed by atoms with Crippen LogP contribution >= 0.6 is 11.6 Å². The van der Waals surface area contributed by atoms with E-state index in [1.807, 2.05) is 59.5 Å². The third kappa shape index (κ3) is 4.25. The highest BCUT2D eigenvalue weighted by molar-refractivity contribution is 6.33. The predicted molar refractivity (Wildman–Crippen MR) is 150 cm³/mol. The summed E-state index contributed by atoms with van der Waals surface area (Å²) in [6.07, 6.45) is 3.72. The maximum Gasteiger partial charge on any atom is 0.255 e. The lowest BCUT2D eigenvalue weighted by molar-refractivity contribution is 0.0747. The number of carbonyl (C=O) groups is 1. The smallest absolute Gasteiger partial charge is 0.255 e. The number of hydrogen-bond acceptors (Lipinski definition) is 5. The minimum absolute atomic E-state index is 0.0459. The minimum atomic E-state index is -0.0459. The molecule has 0 bridgehead atoms. The van der Waals surface area contributed by atoms with Crippen LogP contribution in [-0.2, 0) is 0 Å². The van der Waals surface area contributed by atoms with Gasteiger partial charge in [0.15, 0.2) is 5.65 Å². The highest BCUT2D eigenvalue weighted by Gasteiger charge is 2.27. The fraction of sp³-hybridized carbons (Fsp3) is 0.167. The van der Waals surface area contributed by atoms with E-state index in [4.69, 9.17) is 26.3 Å². The summed E-state index contributed by atoms with van der Waals surface area (Å²) in [6.45, 7) is 2.44. The lowest BCUT2D eigenvalue weighted by Crippen LogP contribution is -2.49. The zero-order chi connectivity index (χ0) is 26.1. The molecule has 1 fully saturated rings. The lowest BCUT2D eigenvalue weighted by atomic mass is 10.1. The van der Waals surface area contributed by atoms with E-state index in [2.05, 4.69) is 27.8 Å². The summed E-state index contributed by atoms with van der Waals surface area (Å²) in [4.78, 5) is 26.7. The molecule has 1 amide bonds. The summed E-state index contributed by atoms with van der Waals surface area (Å²) < 4.78 is 7.74. The van der Waals surface area contributed by atoms with Gasteiger partial charge < -0.3 is 14.5 Å². The molecule has 6 rings (SSSR count). The molecule has 8 heteroatoms. The number of rotatable bonds is 5. The van der Waals surface area contributed by atoms with Crippen LogP contribution in [0.3, 0.4) is 0 Å². The molecule has 2 aromatic heterocycles. The van der Waals surface area contributed by atoms with Crippen LogP contribution in [0.15, 0.2) is 91.4 Å². The third-order valence-electron chi connectivity index (χ3n) is 6.96. The second kappa shape index (κ2) is 10.2. The van der Waals surface area contributed by atoms with Crippen molar-refractivity contribution in [2.24, 2.45) is 0 Å². The second-order valence-electron chi connectivity index (χ2n) is 9.11. The Morgan fingerprint density at radius 3 is 2.34 bits per heavy atom. The fourth-order valence-electron chi connectivity index (χ4n) is 5.06. The van der Waals surface area contributed by atoms with Gasteiger partial charge in [0.05, 0.1) is 28.8 Å². The zero-order valence-electron chi connectivity index (χ0n) is 20.9. The molecule has 1 aliphatic rings. The molecule has 0 atom stereocenters. The largest absolute Gasteiger partial charge is 0.495 e. The van der Waals surface area contributed by atoms with E-state index < -0.39 is 0 Å². The molecular weight excluding hydrogens is 498 g/mol. The van der Waals surface area contributed by atoms with Crippen molar-refractivity contribution >= 4 is 34.4 Å². The first-order chi connectivity index (χ1) is 18.7. The zero-order valence-corrected chi connectivity index (χ0v) is 21.7. The van der Waals surface area contributed by atoms with Crippen LogP contribution in [0, 0.1) is 0 Å². The first-order valence-corrected chi connectivity index (χ1v) is 12.9. The number of benzene rings is 3. The summed E-state index contributed by atoms with van der Waals surface area (Å²) in [5.41, 5.74) is 4.36. The van der Waals surface area contributed by atoms with Gasteiger partial charge in [0.2, 0.25) is 0 Å². The number of ether oxygens (including phenoxy) is 1. The van der Waals surface area contributed by atoms with Gasteiger partial charge in [-0.2, -0.15) is 0 Å². The Hall–Kier alpha value is -4.36. The molecule has 1 saturated heterocycles. The maximum absolute atomic E-state index is 13.1. The molecule has 0 radical (unpaired) electrons. The maximum atomic E-state index is 13.1. The van der Waals surface area contributed by atoms with Crippen molar-refractivity contribution in [2.45, 2.75) is 0 Å². The molecule has 0 unspecified atom stereocenters. The number of nitrogens with zero attached hydrogens (tertiary/aromatic N) is 5. The van der Waals surface area contributed by atoms with Crippen molar-refractivity contribution in [1.82, 2.24) is 19.4 Å². The van der Waals surface area contributed by atoms with Gasteiger partial charge in [-0.15, -0.1) is 0 Å². The number of fused-ring (bicyclic) bond motifs is 1. The third-order valence-corrected chi connectivity index (χ3v) is 7.29. The Bertz CT molecular complexity index is 1610. The van der Waals surface area contributed by atoms with Crippen molar-refractivity contribution in [3.05, 3.63) is 102 Å². The van der Waals surface area contributed by atoms with Gasteiger partial charge in [0.1, 0.15) is 17.9 Å². The summed E-state index contributed by atoms with van der Waals surface area (Å²) in [5.74, 6) is 1.57. The number of halogens is 1. The second-order valence-corrected chi connectivity index (χ2v) is 9.51. The average molecular weight is 524 g/mol. The number of aromatic nitrogens is 3. The van der Waals surface area contributed by atoms with Gasteiger partial charge in [-0.05, 0) is 29.8 Å². The van der Waals surface area contributed by atoms with Gasteiger partial charge in [0.25, 0.3) is 5.91 Å². The van der Waals surface area contributed by atoms with Crippen molar-refractivity contribution in [2.75, 3.05) is 38.2 Å². The number of hydrogen-bond donors (Lipinski definition) is 0. The van der Waals surface area contributed by atoms with Crippen molar-refractivity contribution < 1.29 is 9.53 Å². The molecule has 38 heavy (non-hydrogen) atoms. The van der Waals surface area contributed by atoms with E-state index >= 15 is 0 Å². The van der Waals surface area contributed by atoms with Crippen LogP contribution in [0.2, 0.25) is 5.02 Å². The Kier molecular flexibility index (Phi) is 6.43. The molecule has 1 aliphatic heterocycles. The van der Waals surface area contributed by atoms with Gasteiger partial charge in [0, 0.05) is 37.9 Å². The van der Waals surface area contributed by atoms with E-state index in [-0.39, 0.29) is 5.91 Å². The molecule has 3 heterocycles. The van der Waals surface area contributed by atoms with Crippen LogP contribution in [0.25, 0.3) is 27.8 Å². The summed E-state index contributed by atoms with van der Waals surface area (Å²) >= 11 is 6.29. The van der Waals surface area contributed by atoms with Crippen molar-refractivity contribution in [1.29, 1.82) is 0 Å². The average Bonchev–Trinajstić information content (AvgIpc) is 3.37. The van der Waals surface area contributed by atoms with Crippen LogP contribution < -0.4 is 9.64 Å². The Labute approximate surface area is 225 Å². The van der Waals surface area contributed by atoms with Gasteiger partial charge >= 0.3 is 0 Å². The number of para-hydroxylation sites is 2. The van der Waals surface area contributed by atoms with Crippen LogP contribution in [0.4, 0.5) is 5.82 Å². The number of piperazine rings is 1. The number of amides is 1. The van der Waals surface area contributed by atoms with E-state index in [9.17, 15) is 4.79 Å². The normalized spacial score (nSPS) is 13.6. The molecule has 0 N–H and O–H groups in total. The molecule has 5 aromatic rings. The predicted octanol–water partition coefficient (Wildman–Crippen LogP) is 5.71. The fourth-order valence-corrected chi connectivity index (χ4v) is 5.28. The van der Waals surface area contributed by atoms with Crippen molar-refractivity contribution in [3.8, 4) is 22.6 Å². The molecule has 3 aromatic carbocycles. The minimum Gasteiger partial charge on any atom is -0.495 e. The SMILES string of the molecule is COc1ccccc1-n1cc(-c2ccccc2)c2c(N3CCN(C(=O)c4ccccc4Cl)CC3)ncnc21. The summed E-state index contributed by atoms with van der Waals surface area (Å²) in [6, 6.07) is 25.4. The number of methoxy groups -OCH3 is 1. The quantitative estimate of drug-likeness (QED) is 0.295. The Morgan fingerprint density at radius 1 is 0.868 bits per heavy atom. The lowest BCUT2D eigenvalue weighted by Gasteiger charge is -2.36. The van der Waals surface area contributed by atoms with E-state index in [0.29, 0.717) is 36.8 Å². The van der Waals surface area contributed by atoms with Gasteiger partial charge in [-0.1, -0.05) is 66.2 Å². The molecule has 7 nitrogen and oxygen atoms in total. The number of anilines is 1. The molecule has 0 spiro atoms. The topological polar surface area (TPSA) is 63.5 Å². The number of carbonyl (C=O) groups excluding carboxylic acids is 1. The van der Waals surface area contributed by atoms with Crippen LogP contribution in [0.1, 0.15) is 10.4 Å². The standard InChI is InChI=1S/C30H26ClN5O2/c1-38-26-14-8-7-13-25(26)36-19-23(21-9-3-2-4-10-21)27-28(32-20-33-29(27)36)34-15-17-35(18-16-34)30(37)22-11-5-6-12-24(22)31/h2-14,19-20H,15-18H2,1H3. The van der Waals surface area contributed by atoms with Gasteiger partial charge in [-0.25, -0.2) is 9.97 Å². The summed E-state index contributed by atoms with van der Waals surface area (Å²) in [5, 5.41) is 1.44. The van der Waals surface area contributed by atoms with Crippen molar-refractivity contribution in [3.63, 3.8) is 0 Å². The van der Waals surface area contributed by atoms with E-state index in [1.165, 1.54) is 0 Å². The van der Waals surface area contributed by atoms with E-state index in [1.54, 1.807) is 25.6 Å². The van der Waals surface area contributed by atoms with E-state index in [0.717, 1.165) is 39.4 Å². The molecular formula is C30H26ClN5O2. The first-order valence-electron chi connectivity index (χ1n) is 12.5. The molecule has 0 saturated carbocycles. The molecule has 0 aliphatic carbocycles. The molecule has 190 valence electrons. The highest BCUT2D eigenvalue weighted by atomic mass is 35.5. The Morgan fingerprint density at radius 2 is 1.58 bits per heavy atom.